The summed E-state index contributed by atoms with van der Waals surface area (Å²) < 4.78 is 27.6. The first kappa shape index (κ1) is 17.3. The minimum absolute atomic E-state index is 0. The van der Waals surface area contributed by atoms with Gasteiger partial charge in [0.1, 0.15) is 11.6 Å². The van der Waals surface area contributed by atoms with Crippen molar-refractivity contribution in [1.82, 2.24) is 4.90 Å². The first-order chi connectivity index (χ1) is 9.00. The largest absolute Gasteiger partial charge is 0.328 e. The molecule has 0 saturated carbocycles. The lowest BCUT2D eigenvalue weighted by Gasteiger charge is -2.38. The first-order valence-corrected chi connectivity index (χ1v) is 6.94. The van der Waals surface area contributed by atoms with E-state index in [-0.39, 0.29) is 30.1 Å². The Kier molecular flexibility index (Phi) is 6.37. The van der Waals surface area contributed by atoms with Crippen LogP contribution in [0.2, 0.25) is 0 Å². The molecule has 20 heavy (non-hydrogen) atoms. The normalized spacial score (nSPS) is 22.9. The van der Waals surface area contributed by atoms with Crippen LogP contribution in [0.1, 0.15) is 38.3 Å². The molecule has 2 N–H and O–H groups in total. The molecule has 2 nitrogen and oxygen atoms in total. The van der Waals surface area contributed by atoms with E-state index in [1.54, 1.807) is 0 Å². The maximum Gasteiger partial charge on any atom is 0.130 e. The molecule has 3 unspecified atom stereocenters. The number of halogens is 3. The lowest BCUT2D eigenvalue weighted by Crippen LogP contribution is -2.43. The number of rotatable bonds is 3. The van der Waals surface area contributed by atoms with E-state index >= 15 is 0 Å². The molecule has 0 aromatic heterocycles. The molecule has 0 aliphatic carbocycles. The van der Waals surface area contributed by atoms with Crippen LogP contribution in [0.25, 0.3) is 0 Å². The third kappa shape index (κ3) is 3.68. The molecular formula is C15H23ClF2N2. The lowest BCUT2D eigenvalue weighted by atomic mass is 9.90. The van der Waals surface area contributed by atoms with Gasteiger partial charge in [0.25, 0.3) is 0 Å². The summed E-state index contributed by atoms with van der Waals surface area (Å²) in [5.41, 5.74) is 6.13. The van der Waals surface area contributed by atoms with Crippen molar-refractivity contribution in [3.05, 3.63) is 35.4 Å². The molecule has 1 aromatic rings. The smallest absolute Gasteiger partial charge is 0.130 e. The van der Waals surface area contributed by atoms with Gasteiger partial charge in [0.05, 0.1) is 0 Å². The van der Waals surface area contributed by atoms with Crippen LogP contribution in [-0.4, -0.2) is 24.0 Å². The molecule has 1 saturated heterocycles. The topological polar surface area (TPSA) is 29.3 Å². The van der Waals surface area contributed by atoms with Gasteiger partial charge in [-0.25, -0.2) is 8.78 Å². The van der Waals surface area contributed by atoms with Crippen LogP contribution < -0.4 is 5.73 Å². The number of likely N-dealkylation sites (tertiary alicyclic amines) is 1. The number of benzene rings is 1. The highest BCUT2D eigenvalue weighted by Gasteiger charge is 2.28. The predicted molar refractivity (Wildman–Crippen MR) is 80.0 cm³/mol. The maximum atomic E-state index is 13.8. The molecule has 1 aliphatic rings. The van der Waals surface area contributed by atoms with Gasteiger partial charge >= 0.3 is 0 Å². The molecule has 1 heterocycles. The second kappa shape index (κ2) is 7.34. The second-order valence-electron chi connectivity index (χ2n) is 5.57. The van der Waals surface area contributed by atoms with Gasteiger partial charge in [0.2, 0.25) is 0 Å². The fourth-order valence-electron chi connectivity index (χ4n) is 2.91. The van der Waals surface area contributed by atoms with E-state index in [0.29, 0.717) is 5.92 Å². The molecular weight excluding hydrogens is 282 g/mol. The molecule has 0 radical (unpaired) electrons. The summed E-state index contributed by atoms with van der Waals surface area (Å²) in [6.45, 7) is 5.55. The minimum atomic E-state index is -0.463. The maximum absolute atomic E-state index is 13.8. The van der Waals surface area contributed by atoms with E-state index in [0.717, 1.165) is 25.9 Å². The molecule has 0 amide bonds. The van der Waals surface area contributed by atoms with Gasteiger partial charge in [-0.15, -0.1) is 12.4 Å². The van der Waals surface area contributed by atoms with Crippen molar-refractivity contribution in [3.8, 4) is 0 Å². The van der Waals surface area contributed by atoms with Crippen molar-refractivity contribution in [3.63, 3.8) is 0 Å². The van der Waals surface area contributed by atoms with Gasteiger partial charge in [0, 0.05) is 24.2 Å². The standard InChI is InChI=1S/C15H22F2N2.ClH/c1-10(18)12-5-4-8-19(9-12)11(2)15-13(16)6-3-7-14(15)17;/h3,6-7,10-12H,4-5,8-9,18H2,1-2H3;1H. The van der Waals surface area contributed by atoms with E-state index in [1.165, 1.54) is 18.2 Å². The average Bonchev–Trinajstić information content (AvgIpc) is 2.38. The van der Waals surface area contributed by atoms with Gasteiger partial charge in [-0.2, -0.15) is 0 Å². The van der Waals surface area contributed by atoms with Gasteiger partial charge < -0.3 is 5.73 Å². The SMILES string of the molecule is CC(N)C1CCCN(C(C)c2c(F)cccc2F)C1.Cl. The van der Waals surface area contributed by atoms with Crippen LogP contribution in [0, 0.1) is 17.6 Å². The number of piperidine rings is 1. The lowest BCUT2D eigenvalue weighted by molar-refractivity contribution is 0.117. The van der Waals surface area contributed by atoms with Crippen LogP contribution in [-0.2, 0) is 0 Å². The molecule has 114 valence electrons. The average molecular weight is 305 g/mol. The van der Waals surface area contributed by atoms with E-state index in [9.17, 15) is 8.78 Å². The fraction of sp³-hybridized carbons (Fsp3) is 0.600. The van der Waals surface area contributed by atoms with E-state index in [2.05, 4.69) is 4.90 Å². The van der Waals surface area contributed by atoms with E-state index in [4.69, 9.17) is 5.73 Å². The molecule has 1 fully saturated rings. The first-order valence-electron chi connectivity index (χ1n) is 6.94. The molecule has 5 heteroatoms. The summed E-state index contributed by atoms with van der Waals surface area (Å²) in [4.78, 5) is 2.14. The van der Waals surface area contributed by atoms with Gasteiger partial charge in [-0.3, -0.25) is 4.90 Å². The second-order valence-corrected chi connectivity index (χ2v) is 5.57. The zero-order valence-electron chi connectivity index (χ0n) is 12.0. The number of hydrogen-bond acceptors (Lipinski definition) is 2. The number of nitrogens with zero attached hydrogens (tertiary/aromatic N) is 1. The van der Waals surface area contributed by atoms with Crippen LogP contribution >= 0.6 is 12.4 Å². The van der Waals surface area contributed by atoms with Crippen LogP contribution in [0.4, 0.5) is 8.78 Å². The third-order valence-corrected chi connectivity index (χ3v) is 4.20. The van der Waals surface area contributed by atoms with Gasteiger partial charge in [-0.1, -0.05) is 6.07 Å². The highest BCUT2D eigenvalue weighted by Crippen LogP contribution is 2.30. The Hall–Kier alpha value is -0.710. The van der Waals surface area contributed by atoms with Crippen molar-refractivity contribution in [2.75, 3.05) is 13.1 Å². The molecule has 2 rings (SSSR count). The predicted octanol–water partition coefficient (Wildman–Crippen LogP) is 3.51. The Morgan fingerprint density at radius 2 is 1.85 bits per heavy atom. The number of nitrogens with two attached hydrogens (primary N) is 1. The quantitative estimate of drug-likeness (QED) is 0.926. The molecule has 1 aliphatic heterocycles. The van der Waals surface area contributed by atoms with Crippen molar-refractivity contribution < 1.29 is 8.78 Å². The number of hydrogen-bond donors (Lipinski definition) is 1. The Balaban J connectivity index is 0.00000200. The Labute approximate surface area is 125 Å². The highest BCUT2D eigenvalue weighted by molar-refractivity contribution is 5.85. The van der Waals surface area contributed by atoms with Crippen LogP contribution in [0.5, 0.6) is 0 Å². The third-order valence-electron chi connectivity index (χ3n) is 4.20. The van der Waals surface area contributed by atoms with Crippen LogP contribution in [0.15, 0.2) is 18.2 Å². The Bertz CT molecular complexity index is 420. The summed E-state index contributed by atoms with van der Waals surface area (Å²) in [6.07, 6.45) is 2.13. The Morgan fingerprint density at radius 1 is 1.25 bits per heavy atom. The molecule has 1 aromatic carbocycles. The summed E-state index contributed by atoms with van der Waals surface area (Å²) >= 11 is 0. The zero-order chi connectivity index (χ0) is 14.0. The molecule has 3 atom stereocenters. The monoisotopic (exact) mass is 304 g/mol. The van der Waals surface area contributed by atoms with Crippen LogP contribution in [0.3, 0.4) is 0 Å². The van der Waals surface area contributed by atoms with Gasteiger partial charge in [-0.05, 0) is 51.3 Å². The van der Waals surface area contributed by atoms with E-state index in [1.807, 2.05) is 13.8 Å². The molecule has 0 bridgehead atoms. The van der Waals surface area contributed by atoms with Crippen molar-refractivity contribution >= 4 is 12.4 Å². The highest BCUT2D eigenvalue weighted by atomic mass is 35.5. The molecule has 0 spiro atoms. The van der Waals surface area contributed by atoms with Gasteiger partial charge in [0.15, 0.2) is 0 Å². The summed E-state index contributed by atoms with van der Waals surface area (Å²) in [6, 6.07) is 3.93. The van der Waals surface area contributed by atoms with Crippen molar-refractivity contribution in [1.29, 1.82) is 0 Å². The summed E-state index contributed by atoms with van der Waals surface area (Å²) in [5.74, 6) is -0.517. The minimum Gasteiger partial charge on any atom is -0.328 e. The fourth-order valence-corrected chi connectivity index (χ4v) is 2.91. The summed E-state index contributed by atoms with van der Waals surface area (Å²) in [7, 11) is 0. The zero-order valence-corrected chi connectivity index (χ0v) is 12.8. The van der Waals surface area contributed by atoms with Crippen molar-refractivity contribution in [2.45, 2.75) is 38.8 Å². The Morgan fingerprint density at radius 3 is 2.40 bits per heavy atom. The van der Waals surface area contributed by atoms with Crippen molar-refractivity contribution in [2.24, 2.45) is 11.7 Å². The summed E-state index contributed by atoms with van der Waals surface area (Å²) in [5, 5.41) is 0. The van der Waals surface area contributed by atoms with E-state index < -0.39 is 11.6 Å².